The zero-order valence-corrected chi connectivity index (χ0v) is 12.6. The maximum Gasteiger partial charge on any atom is 0.416 e. The molecular formula is C19H9F3N2O. The van der Waals surface area contributed by atoms with Crippen molar-refractivity contribution in [2.45, 2.75) is 6.18 Å². The van der Waals surface area contributed by atoms with E-state index in [9.17, 15) is 18.0 Å². The van der Waals surface area contributed by atoms with Crippen molar-refractivity contribution in [3.63, 3.8) is 0 Å². The molecular weight excluding hydrogens is 329 g/mol. The number of rotatable bonds is 0. The van der Waals surface area contributed by atoms with Crippen molar-refractivity contribution >= 4 is 38.2 Å². The summed E-state index contributed by atoms with van der Waals surface area (Å²) in [5.74, 6) is 0. The molecule has 0 unspecified atom stereocenters. The Kier molecular flexibility index (Phi) is 2.54. The Labute approximate surface area is 138 Å². The van der Waals surface area contributed by atoms with Gasteiger partial charge in [-0.2, -0.15) is 13.2 Å². The van der Waals surface area contributed by atoms with Crippen LogP contribution in [0.15, 0.2) is 59.4 Å². The van der Waals surface area contributed by atoms with E-state index in [1.54, 1.807) is 12.1 Å². The fraction of sp³-hybridized carbons (Fsp3) is 0.0526. The summed E-state index contributed by atoms with van der Waals surface area (Å²) in [6.07, 6.45) is -4.45. The topological polar surface area (TPSA) is 34.4 Å². The first-order valence-corrected chi connectivity index (χ1v) is 7.62. The van der Waals surface area contributed by atoms with Gasteiger partial charge in [0.1, 0.15) is 5.65 Å². The Balaban J connectivity index is 2.05. The van der Waals surface area contributed by atoms with Crippen LogP contribution < -0.4 is 5.56 Å². The maximum absolute atomic E-state index is 13.0. The minimum Gasteiger partial charge on any atom is -0.268 e. The Morgan fingerprint density at radius 2 is 1.64 bits per heavy atom. The van der Waals surface area contributed by atoms with Crippen LogP contribution in [0.25, 0.3) is 38.2 Å². The molecule has 0 amide bonds. The molecule has 0 aliphatic rings. The van der Waals surface area contributed by atoms with Crippen LogP contribution >= 0.6 is 0 Å². The van der Waals surface area contributed by atoms with Gasteiger partial charge in [0.2, 0.25) is 0 Å². The second-order valence-corrected chi connectivity index (χ2v) is 5.99. The minimum atomic E-state index is -4.45. The average molecular weight is 338 g/mol. The van der Waals surface area contributed by atoms with Gasteiger partial charge in [-0.15, -0.1) is 0 Å². The summed E-state index contributed by atoms with van der Waals surface area (Å²) in [4.78, 5) is 17.3. The molecule has 0 saturated heterocycles. The average Bonchev–Trinajstić information content (AvgIpc) is 2.97. The third-order valence-electron chi connectivity index (χ3n) is 4.56. The zero-order valence-electron chi connectivity index (χ0n) is 12.6. The number of pyridine rings is 1. The summed E-state index contributed by atoms with van der Waals surface area (Å²) in [6.45, 7) is 0. The van der Waals surface area contributed by atoms with E-state index < -0.39 is 11.7 Å². The van der Waals surface area contributed by atoms with Gasteiger partial charge in [0.25, 0.3) is 5.56 Å². The summed E-state index contributed by atoms with van der Waals surface area (Å²) in [5.41, 5.74) is -0.147. The van der Waals surface area contributed by atoms with Gasteiger partial charge >= 0.3 is 6.18 Å². The van der Waals surface area contributed by atoms with E-state index in [2.05, 4.69) is 4.98 Å². The molecule has 0 radical (unpaired) electrons. The molecule has 25 heavy (non-hydrogen) atoms. The van der Waals surface area contributed by atoms with Gasteiger partial charge in [-0.3, -0.25) is 9.20 Å². The first kappa shape index (κ1) is 14.2. The molecule has 3 aromatic carbocycles. The molecule has 0 aliphatic carbocycles. The number of nitrogens with zero attached hydrogens (tertiary/aromatic N) is 2. The van der Waals surface area contributed by atoms with Crippen molar-refractivity contribution in [2.75, 3.05) is 0 Å². The lowest BCUT2D eigenvalue weighted by molar-refractivity contribution is -0.137. The Hall–Kier alpha value is -3.15. The van der Waals surface area contributed by atoms with Crippen LogP contribution in [0, 0.1) is 0 Å². The van der Waals surface area contributed by atoms with Gasteiger partial charge in [0.15, 0.2) is 0 Å². The fourth-order valence-electron chi connectivity index (χ4n) is 3.47. The summed E-state index contributed by atoms with van der Waals surface area (Å²) in [7, 11) is 0. The second kappa shape index (κ2) is 4.47. The Morgan fingerprint density at radius 1 is 0.920 bits per heavy atom. The minimum absolute atomic E-state index is 0.156. The van der Waals surface area contributed by atoms with E-state index in [1.165, 1.54) is 10.5 Å². The predicted octanol–water partition coefficient (Wildman–Crippen LogP) is 4.61. The number of fused-ring (bicyclic) bond motifs is 4. The van der Waals surface area contributed by atoms with Crippen LogP contribution in [0.3, 0.4) is 0 Å². The van der Waals surface area contributed by atoms with Gasteiger partial charge in [-0.1, -0.05) is 30.3 Å². The summed E-state index contributed by atoms with van der Waals surface area (Å²) in [6, 6.07) is 14.3. The maximum atomic E-state index is 13.0. The van der Waals surface area contributed by atoms with Gasteiger partial charge in [-0.05, 0) is 29.7 Å². The Bertz CT molecular complexity index is 1350. The van der Waals surface area contributed by atoms with Crippen LogP contribution in [0.2, 0.25) is 0 Å². The lowest BCUT2D eigenvalue weighted by Crippen LogP contribution is -2.13. The van der Waals surface area contributed by atoms with Crippen LogP contribution in [0.1, 0.15) is 5.56 Å². The number of hydrogen-bond donors (Lipinski definition) is 0. The largest absolute Gasteiger partial charge is 0.416 e. The van der Waals surface area contributed by atoms with Gasteiger partial charge < -0.3 is 0 Å². The SMILES string of the molecule is O=c1c2cccc3cccc(c32)c2nc3cc(C(F)(F)F)ccc3n12. The monoisotopic (exact) mass is 338 g/mol. The molecule has 0 N–H and O–H groups in total. The van der Waals surface area contributed by atoms with Gasteiger partial charge in [0, 0.05) is 16.2 Å². The van der Waals surface area contributed by atoms with Crippen LogP contribution in [-0.4, -0.2) is 9.38 Å². The first-order chi connectivity index (χ1) is 11.9. The highest BCUT2D eigenvalue weighted by molar-refractivity contribution is 6.15. The molecule has 6 heteroatoms. The molecule has 5 aromatic rings. The van der Waals surface area contributed by atoms with E-state index in [4.69, 9.17) is 0 Å². The van der Waals surface area contributed by atoms with Crippen molar-refractivity contribution in [1.29, 1.82) is 0 Å². The highest BCUT2D eigenvalue weighted by atomic mass is 19.4. The Morgan fingerprint density at radius 3 is 2.36 bits per heavy atom. The molecule has 0 spiro atoms. The van der Waals surface area contributed by atoms with Gasteiger partial charge in [-0.25, -0.2) is 4.98 Å². The number of imidazole rings is 1. The van der Waals surface area contributed by atoms with Crippen molar-refractivity contribution in [2.24, 2.45) is 0 Å². The smallest absolute Gasteiger partial charge is 0.268 e. The fourth-order valence-corrected chi connectivity index (χ4v) is 3.47. The molecule has 0 saturated carbocycles. The molecule has 5 rings (SSSR count). The number of benzene rings is 3. The third kappa shape index (κ3) is 1.82. The number of halogens is 3. The zero-order chi connectivity index (χ0) is 17.3. The molecule has 2 aromatic heterocycles. The predicted molar refractivity (Wildman–Crippen MR) is 90.2 cm³/mol. The molecule has 0 atom stereocenters. The van der Waals surface area contributed by atoms with Crippen molar-refractivity contribution in [3.8, 4) is 0 Å². The highest BCUT2D eigenvalue weighted by Crippen LogP contribution is 2.33. The molecule has 0 aliphatic heterocycles. The third-order valence-corrected chi connectivity index (χ3v) is 4.56. The quantitative estimate of drug-likeness (QED) is 0.413. The molecule has 0 fully saturated rings. The summed E-state index contributed by atoms with van der Waals surface area (Å²) in [5, 5.41) is 2.96. The van der Waals surface area contributed by atoms with Crippen LogP contribution in [0.5, 0.6) is 0 Å². The lowest BCUT2D eigenvalue weighted by Gasteiger charge is -2.07. The lowest BCUT2D eigenvalue weighted by atomic mass is 10.0. The molecule has 122 valence electrons. The van der Waals surface area contributed by atoms with Crippen LogP contribution in [-0.2, 0) is 6.18 Å². The number of alkyl halides is 3. The molecule has 2 heterocycles. The molecule has 0 bridgehead atoms. The van der Waals surface area contributed by atoms with Crippen LogP contribution in [0.4, 0.5) is 13.2 Å². The van der Waals surface area contributed by atoms with E-state index in [-0.39, 0.29) is 11.1 Å². The summed E-state index contributed by atoms with van der Waals surface area (Å²) < 4.78 is 40.3. The summed E-state index contributed by atoms with van der Waals surface area (Å²) >= 11 is 0. The van der Waals surface area contributed by atoms with E-state index >= 15 is 0 Å². The van der Waals surface area contributed by atoms with E-state index in [0.29, 0.717) is 16.6 Å². The number of hydrogen-bond acceptors (Lipinski definition) is 2. The van der Waals surface area contributed by atoms with E-state index in [0.717, 1.165) is 28.3 Å². The number of aromatic nitrogens is 2. The van der Waals surface area contributed by atoms with Crippen molar-refractivity contribution in [3.05, 3.63) is 70.5 Å². The van der Waals surface area contributed by atoms with Crippen molar-refractivity contribution < 1.29 is 13.2 Å². The first-order valence-electron chi connectivity index (χ1n) is 7.62. The molecule has 3 nitrogen and oxygen atoms in total. The normalized spacial score (nSPS) is 12.8. The highest BCUT2D eigenvalue weighted by Gasteiger charge is 2.31. The standard InChI is InChI=1S/C19H9F3N2O/c20-19(21,22)11-7-8-15-14(9-11)23-17-12-5-1-3-10-4-2-6-13(16(10)12)18(25)24(15)17/h1-9H. The van der Waals surface area contributed by atoms with E-state index in [1.807, 2.05) is 24.3 Å². The van der Waals surface area contributed by atoms with Gasteiger partial charge in [0.05, 0.1) is 16.6 Å². The second-order valence-electron chi connectivity index (χ2n) is 5.99. The van der Waals surface area contributed by atoms with Crippen molar-refractivity contribution in [1.82, 2.24) is 9.38 Å².